The van der Waals surface area contributed by atoms with Crippen LogP contribution in [0.3, 0.4) is 0 Å². The second-order valence-corrected chi connectivity index (χ2v) is 10.9. The summed E-state index contributed by atoms with van der Waals surface area (Å²) in [5, 5.41) is 3.10. The maximum atomic E-state index is 7.23. The fraction of sp³-hybridized carbons (Fsp3) is 0.100. The van der Waals surface area contributed by atoms with E-state index in [1.54, 1.807) is 18.2 Å². The van der Waals surface area contributed by atoms with Crippen LogP contribution in [0.15, 0.2) is 130 Å². The standard InChI is InChI=1S/C28H20NO2.C12H10N.Ir/c1-17(2)19-11-12-29-24(13-19)22-10-6-9-21-23-16-26-20(15-27(23)31-28(21)22)14-25(30-26)18-7-4-3-5-8-18;1-10-7-8-12(13-9-10)11-5-3-2-4-6-11;/h3-9,11-17H,1-2H3;2-5,7-9H,1H3;/q2*-1;/i;1D3;. The smallest absolute Gasteiger partial charge is 0.135 e. The first-order chi connectivity index (χ1) is 22.7. The minimum Gasteiger partial charge on any atom is -0.501 e. The predicted molar refractivity (Wildman–Crippen MR) is 178 cm³/mol. The number of pyridine rings is 2. The third kappa shape index (κ3) is 6.23. The monoisotopic (exact) mass is 766 g/mol. The number of aromatic nitrogens is 2. The molecule has 0 atom stereocenters. The van der Waals surface area contributed by atoms with Gasteiger partial charge in [0.25, 0.3) is 0 Å². The van der Waals surface area contributed by atoms with Crippen LogP contribution in [0.5, 0.6) is 0 Å². The van der Waals surface area contributed by atoms with Crippen molar-refractivity contribution in [3.63, 3.8) is 0 Å². The Bertz CT molecular complexity index is 2310. The van der Waals surface area contributed by atoms with Crippen LogP contribution >= 0.6 is 0 Å². The zero-order valence-corrected chi connectivity index (χ0v) is 27.1. The Morgan fingerprint density at radius 1 is 0.733 bits per heavy atom. The van der Waals surface area contributed by atoms with Crippen molar-refractivity contribution in [2.75, 3.05) is 0 Å². The Labute approximate surface area is 280 Å². The number of hydrogen-bond donors (Lipinski definition) is 0. The third-order valence-corrected chi connectivity index (χ3v) is 7.58. The van der Waals surface area contributed by atoms with Crippen molar-refractivity contribution < 1.29 is 33.1 Å². The van der Waals surface area contributed by atoms with E-state index in [4.69, 9.17) is 12.9 Å². The largest absolute Gasteiger partial charge is 0.501 e. The van der Waals surface area contributed by atoms with Crippen molar-refractivity contribution in [2.24, 2.45) is 0 Å². The second-order valence-electron chi connectivity index (χ2n) is 10.9. The van der Waals surface area contributed by atoms with E-state index >= 15 is 0 Å². The van der Waals surface area contributed by atoms with Gasteiger partial charge in [-0.25, -0.2) is 0 Å². The molecule has 0 saturated heterocycles. The van der Waals surface area contributed by atoms with Gasteiger partial charge in [0.2, 0.25) is 0 Å². The van der Waals surface area contributed by atoms with Crippen LogP contribution in [0.2, 0.25) is 0 Å². The Morgan fingerprint density at radius 2 is 1.60 bits per heavy atom. The fourth-order valence-electron chi connectivity index (χ4n) is 5.26. The summed E-state index contributed by atoms with van der Waals surface area (Å²) in [6.45, 7) is 2.28. The van der Waals surface area contributed by atoms with E-state index in [2.05, 4.69) is 78.4 Å². The summed E-state index contributed by atoms with van der Waals surface area (Å²) < 4.78 is 34.2. The SMILES string of the molecule is CC(C)c1ccnc(-c2[c-]ccc3c2oc2cc4cc(-c5ccccc5)oc4cc23)c1.[2H]C([2H])([2H])c1ccc(-c2[c-]cccc2)nc1.[Ir]. The van der Waals surface area contributed by atoms with Gasteiger partial charge in [-0.3, -0.25) is 0 Å². The molecule has 4 nitrogen and oxygen atoms in total. The number of hydrogen-bond acceptors (Lipinski definition) is 4. The number of rotatable bonds is 4. The van der Waals surface area contributed by atoms with Crippen LogP contribution < -0.4 is 0 Å². The summed E-state index contributed by atoms with van der Waals surface area (Å²) >= 11 is 0. The minimum absolute atomic E-state index is 0. The van der Waals surface area contributed by atoms with Crippen molar-refractivity contribution in [3.8, 4) is 33.8 Å². The molecule has 0 unspecified atom stereocenters. The van der Waals surface area contributed by atoms with E-state index in [1.165, 1.54) is 11.8 Å². The van der Waals surface area contributed by atoms with Gasteiger partial charge in [0, 0.05) is 52.9 Å². The molecule has 223 valence electrons. The summed E-state index contributed by atoms with van der Waals surface area (Å²) in [6, 6.07) is 41.6. The van der Waals surface area contributed by atoms with Gasteiger partial charge in [0.1, 0.15) is 16.9 Å². The molecule has 4 aromatic heterocycles. The van der Waals surface area contributed by atoms with Gasteiger partial charge >= 0.3 is 0 Å². The van der Waals surface area contributed by atoms with E-state index in [9.17, 15) is 0 Å². The van der Waals surface area contributed by atoms with Crippen LogP contribution in [-0.2, 0) is 20.1 Å². The van der Waals surface area contributed by atoms with Gasteiger partial charge in [0.05, 0.1) is 5.58 Å². The van der Waals surface area contributed by atoms with Crippen molar-refractivity contribution in [1.29, 1.82) is 0 Å². The molecule has 0 fully saturated rings. The molecule has 0 bridgehead atoms. The molecule has 8 aromatic rings. The van der Waals surface area contributed by atoms with Gasteiger partial charge in [0.15, 0.2) is 0 Å². The van der Waals surface area contributed by atoms with Crippen LogP contribution in [0, 0.1) is 19.0 Å². The number of nitrogens with zero attached hydrogens (tertiary/aromatic N) is 2. The van der Waals surface area contributed by atoms with E-state index in [0.717, 1.165) is 66.7 Å². The molecule has 0 N–H and O–H groups in total. The summed E-state index contributed by atoms with van der Waals surface area (Å²) in [4.78, 5) is 8.72. The summed E-state index contributed by atoms with van der Waals surface area (Å²) in [7, 11) is 0. The first kappa shape index (κ1) is 26.6. The van der Waals surface area contributed by atoms with Crippen molar-refractivity contribution in [2.45, 2.75) is 26.6 Å². The minimum atomic E-state index is -2.09. The first-order valence-electron chi connectivity index (χ1n) is 16.0. The molecule has 0 spiro atoms. The topological polar surface area (TPSA) is 52.1 Å². The molecule has 5 heteroatoms. The first-order valence-corrected chi connectivity index (χ1v) is 14.5. The molecule has 0 saturated carbocycles. The average molecular weight is 766 g/mol. The zero-order valence-electron chi connectivity index (χ0n) is 27.7. The molecule has 1 radical (unpaired) electrons. The van der Waals surface area contributed by atoms with Gasteiger partial charge in [-0.1, -0.05) is 78.9 Å². The van der Waals surface area contributed by atoms with E-state index in [1.807, 2.05) is 54.7 Å². The fourth-order valence-corrected chi connectivity index (χ4v) is 5.26. The number of aryl methyl sites for hydroxylation is 1. The summed E-state index contributed by atoms with van der Waals surface area (Å²) in [5.74, 6) is 1.29. The third-order valence-electron chi connectivity index (χ3n) is 7.58. The normalized spacial score (nSPS) is 12.3. The molecule has 8 rings (SSSR count). The Balaban J connectivity index is 0.000000201. The maximum absolute atomic E-state index is 7.23. The van der Waals surface area contributed by atoms with Gasteiger partial charge in [-0.05, 0) is 54.0 Å². The van der Waals surface area contributed by atoms with Crippen LogP contribution in [0.4, 0.5) is 0 Å². The number of furan rings is 2. The van der Waals surface area contributed by atoms with Crippen molar-refractivity contribution >= 4 is 32.9 Å². The quantitative estimate of drug-likeness (QED) is 0.167. The molecule has 4 heterocycles. The molecule has 45 heavy (non-hydrogen) atoms. The molecule has 0 aliphatic carbocycles. The van der Waals surface area contributed by atoms with Crippen LogP contribution in [-0.4, -0.2) is 9.97 Å². The zero-order chi connectivity index (χ0) is 32.5. The van der Waals surface area contributed by atoms with E-state index in [-0.39, 0.29) is 25.7 Å². The van der Waals surface area contributed by atoms with Gasteiger partial charge < -0.3 is 18.8 Å². The van der Waals surface area contributed by atoms with E-state index < -0.39 is 6.85 Å². The molecular formula is C40H30IrN2O2-2. The van der Waals surface area contributed by atoms with Crippen molar-refractivity contribution in [3.05, 3.63) is 145 Å². The maximum Gasteiger partial charge on any atom is 0.135 e. The molecule has 4 aromatic carbocycles. The van der Waals surface area contributed by atoms with Crippen LogP contribution in [0.25, 0.3) is 66.7 Å². The Kier molecular flexibility index (Phi) is 7.69. The van der Waals surface area contributed by atoms with E-state index in [0.29, 0.717) is 5.92 Å². The average Bonchev–Trinajstić information content (AvgIpc) is 3.68. The van der Waals surface area contributed by atoms with Crippen molar-refractivity contribution in [1.82, 2.24) is 9.97 Å². The van der Waals surface area contributed by atoms with Gasteiger partial charge in [-0.15, -0.1) is 54.1 Å². The summed E-state index contributed by atoms with van der Waals surface area (Å²) in [6.07, 6.45) is 3.25. The molecule has 0 aliphatic heterocycles. The summed E-state index contributed by atoms with van der Waals surface area (Å²) in [5.41, 5.74) is 8.42. The molecule has 0 aliphatic rings. The number of fused-ring (bicyclic) bond motifs is 4. The second kappa shape index (κ2) is 13.0. The van der Waals surface area contributed by atoms with Gasteiger partial charge in [-0.2, -0.15) is 0 Å². The van der Waals surface area contributed by atoms with Crippen LogP contribution in [0.1, 0.15) is 35.0 Å². The Morgan fingerprint density at radius 3 is 2.36 bits per heavy atom. The predicted octanol–water partition coefficient (Wildman–Crippen LogP) is 10.8. The Hall–Kier alpha value is -4.83. The molecule has 0 amide bonds. The number of benzene rings is 4. The molecular weight excluding hydrogens is 733 g/mol.